The molecule has 0 saturated heterocycles. The summed E-state index contributed by atoms with van der Waals surface area (Å²) in [4.78, 5) is 0. The zero-order valence-electron chi connectivity index (χ0n) is 16.1. The number of rotatable bonds is 5. The van der Waals surface area contributed by atoms with Crippen molar-refractivity contribution in [3.05, 3.63) is 47.2 Å². The summed E-state index contributed by atoms with van der Waals surface area (Å²) in [6.07, 6.45) is 0.856. The van der Waals surface area contributed by atoms with E-state index in [1.165, 1.54) is 16.7 Å². The fourth-order valence-corrected chi connectivity index (χ4v) is 3.85. The molecular formula is C20H32OSi2. The fraction of sp³-hybridized carbons (Fsp3) is 0.500. The molecule has 23 heavy (non-hydrogen) atoms. The Kier molecular flexibility index (Phi) is 6.50. The summed E-state index contributed by atoms with van der Waals surface area (Å²) < 4.78 is 6.02. The molecule has 1 aromatic carbocycles. The summed E-state index contributed by atoms with van der Waals surface area (Å²) in [5, 5.41) is 0. The van der Waals surface area contributed by atoms with E-state index in [0.29, 0.717) is 5.92 Å². The minimum absolute atomic E-state index is 0.366. The molecule has 0 aliphatic carbocycles. The molecule has 0 heterocycles. The number of benzene rings is 1. The topological polar surface area (TPSA) is 9.23 Å². The van der Waals surface area contributed by atoms with E-state index >= 15 is 0 Å². The first-order chi connectivity index (χ1) is 10.4. The van der Waals surface area contributed by atoms with E-state index in [1.54, 1.807) is 0 Å². The summed E-state index contributed by atoms with van der Waals surface area (Å²) in [7, 11) is -2.95. The third-order valence-corrected chi connectivity index (χ3v) is 5.07. The molecular weight excluding hydrogens is 312 g/mol. The van der Waals surface area contributed by atoms with E-state index in [4.69, 9.17) is 4.43 Å². The molecule has 1 nitrogen and oxygen atoms in total. The quantitative estimate of drug-likeness (QED) is 0.357. The van der Waals surface area contributed by atoms with Gasteiger partial charge < -0.3 is 4.43 Å². The number of hydrogen-bond acceptors (Lipinski definition) is 1. The number of aryl methyl sites for hydroxylation is 1. The standard InChI is InChI=1S/C20H32OSi2/c1-16-10-11-20(19(14-16)12-13-22(4,5)6)17(2)15-18(3)21-23(7,8)9/h10-11,14,17H,3,15H2,1-2,4-9H3/t17-/m0/s1. The minimum Gasteiger partial charge on any atom is -0.548 e. The Labute approximate surface area is 145 Å². The van der Waals surface area contributed by atoms with E-state index in [1.807, 2.05) is 0 Å². The summed E-state index contributed by atoms with van der Waals surface area (Å²) in [5.74, 6) is 4.72. The van der Waals surface area contributed by atoms with Crippen molar-refractivity contribution in [1.82, 2.24) is 0 Å². The van der Waals surface area contributed by atoms with Crippen LogP contribution in [0.4, 0.5) is 0 Å². The molecule has 0 N–H and O–H groups in total. The lowest BCUT2D eigenvalue weighted by Gasteiger charge is -2.23. The number of hydrogen-bond donors (Lipinski definition) is 0. The van der Waals surface area contributed by atoms with E-state index in [9.17, 15) is 0 Å². The van der Waals surface area contributed by atoms with Gasteiger partial charge in [0.1, 0.15) is 8.07 Å². The Balaban J connectivity index is 3.02. The normalized spacial score (nSPS) is 13.0. The van der Waals surface area contributed by atoms with Crippen LogP contribution in [-0.2, 0) is 4.43 Å². The van der Waals surface area contributed by atoms with E-state index in [2.05, 4.69) is 89.4 Å². The van der Waals surface area contributed by atoms with Gasteiger partial charge in [-0.3, -0.25) is 0 Å². The van der Waals surface area contributed by atoms with Crippen molar-refractivity contribution in [1.29, 1.82) is 0 Å². The molecule has 0 aliphatic heterocycles. The third kappa shape index (κ3) is 7.72. The lowest BCUT2D eigenvalue weighted by atomic mass is 9.92. The molecule has 0 unspecified atom stereocenters. The molecule has 126 valence electrons. The maximum Gasteiger partial charge on any atom is 0.241 e. The van der Waals surface area contributed by atoms with Crippen molar-refractivity contribution in [3.63, 3.8) is 0 Å². The average molecular weight is 345 g/mol. The van der Waals surface area contributed by atoms with Crippen LogP contribution in [0.5, 0.6) is 0 Å². The molecule has 0 radical (unpaired) electrons. The molecule has 0 aromatic heterocycles. The van der Waals surface area contributed by atoms with Gasteiger partial charge in [-0.25, -0.2) is 0 Å². The lowest BCUT2D eigenvalue weighted by Crippen LogP contribution is -2.25. The van der Waals surface area contributed by atoms with Gasteiger partial charge in [0.25, 0.3) is 0 Å². The molecule has 0 bridgehead atoms. The van der Waals surface area contributed by atoms with Crippen molar-refractivity contribution in [2.75, 3.05) is 0 Å². The van der Waals surface area contributed by atoms with Crippen LogP contribution in [0.25, 0.3) is 0 Å². The summed E-state index contributed by atoms with van der Waals surface area (Å²) in [6, 6.07) is 6.60. The highest BCUT2D eigenvalue weighted by Crippen LogP contribution is 2.28. The second-order valence-corrected chi connectivity index (χ2v) is 17.6. The van der Waals surface area contributed by atoms with Gasteiger partial charge in [0.15, 0.2) is 0 Å². The molecule has 0 amide bonds. The van der Waals surface area contributed by atoms with Gasteiger partial charge in [0, 0.05) is 12.0 Å². The molecule has 1 aromatic rings. The molecule has 1 atom stereocenters. The first-order valence-electron chi connectivity index (χ1n) is 8.38. The highest BCUT2D eigenvalue weighted by molar-refractivity contribution is 6.83. The molecule has 3 heteroatoms. The first kappa shape index (κ1) is 19.8. The number of allylic oxidation sites excluding steroid dienone is 1. The summed E-state index contributed by atoms with van der Waals surface area (Å²) >= 11 is 0. The molecule has 0 spiro atoms. The Bertz CT molecular complexity index is 622. The molecule has 1 rings (SSSR count). The maximum absolute atomic E-state index is 6.02. The molecule has 0 fully saturated rings. The smallest absolute Gasteiger partial charge is 0.241 e. The van der Waals surface area contributed by atoms with Crippen molar-refractivity contribution < 1.29 is 4.43 Å². The van der Waals surface area contributed by atoms with Crippen molar-refractivity contribution >= 4 is 16.4 Å². The zero-order valence-corrected chi connectivity index (χ0v) is 18.1. The highest BCUT2D eigenvalue weighted by Gasteiger charge is 2.19. The van der Waals surface area contributed by atoms with Crippen LogP contribution in [0.2, 0.25) is 39.3 Å². The van der Waals surface area contributed by atoms with Crippen LogP contribution in [-0.4, -0.2) is 16.4 Å². The van der Waals surface area contributed by atoms with Gasteiger partial charge >= 0.3 is 0 Å². The highest BCUT2D eigenvalue weighted by atomic mass is 28.4. The van der Waals surface area contributed by atoms with Crippen molar-refractivity contribution in [2.45, 2.75) is 65.5 Å². The fourth-order valence-electron chi connectivity index (χ4n) is 2.39. The monoisotopic (exact) mass is 344 g/mol. The van der Waals surface area contributed by atoms with Gasteiger partial charge in [-0.05, 0) is 49.7 Å². The van der Waals surface area contributed by atoms with E-state index in [-0.39, 0.29) is 0 Å². The SMILES string of the molecule is C=C(C[C@H](C)c1ccc(C)cc1C#C[Si](C)(C)C)O[Si](C)(C)C. The predicted octanol–water partition coefficient (Wildman–Crippen LogP) is 6.08. The molecule has 0 aliphatic rings. The Morgan fingerprint density at radius 3 is 2.30 bits per heavy atom. The van der Waals surface area contributed by atoms with Gasteiger partial charge in [-0.1, -0.05) is 51.2 Å². The van der Waals surface area contributed by atoms with Crippen LogP contribution in [0.1, 0.15) is 36.0 Å². The summed E-state index contributed by atoms with van der Waals surface area (Å²) in [5.41, 5.74) is 7.23. The van der Waals surface area contributed by atoms with Crippen LogP contribution in [0, 0.1) is 18.4 Å². The minimum atomic E-state index is -1.57. The average Bonchev–Trinajstić information content (AvgIpc) is 2.32. The van der Waals surface area contributed by atoms with Gasteiger partial charge in [-0.2, -0.15) is 0 Å². The van der Waals surface area contributed by atoms with Crippen LogP contribution in [0.15, 0.2) is 30.5 Å². The van der Waals surface area contributed by atoms with Gasteiger partial charge in [-0.15, -0.1) is 5.54 Å². The first-order valence-corrected chi connectivity index (χ1v) is 15.3. The second kappa shape index (κ2) is 7.55. The van der Waals surface area contributed by atoms with E-state index in [0.717, 1.165) is 12.2 Å². The van der Waals surface area contributed by atoms with E-state index < -0.39 is 16.4 Å². The Morgan fingerprint density at radius 2 is 1.78 bits per heavy atom. The second-order valence-electron chi connectivity index (χ2n) is 8.45. The summed E-state index contributed by atoms with van der Waals surface area (Å²) in [6.45, 7) is 21.9. The van der Waals surface area contributed by atoms with Gasteiger partial charge in [0.2, 0.25) is 8.32 Å². The van der Waals surface area contributed by atoms with Crippen LogP contribution in [0.3, 0.4) is 0 Å². The van der Waals surface area contributed by atoms with Crippen LogP contribution >= 0.6 is 0 Å². The van der Waals surface area contributed by atoms with Crippen LogP contribution < -0.4 is 0 Å². The Hall–Kier alpha value is -1.25. The third-order valence-electron chi connectivity index (χ3n) is 3.30. The molecule has 0 saturated carbocycles. The lowest BCUT2D eigenvalue weighted by molar-refractivity contribution is 0.391. The maximum atomic E-state index is 6.02. The van der Waals surface area contributed by atoms with Gasteiger partial charge in [0.05, 0.1) is 5.76 Å². The van der Waals surface area contributed by atoms with Crippen molar-refractivity contribution in [2.24, 2.45) is 0 Å². The largest absolute Gasteiger partial charge is 0.548 e. The Morgan fingerprint density at radius 1 is 1.17 bits per heavy atom. The zero-order chi connectivity index (χ0) is 17.8. The predicted molar refractivity (Wildman–Crippen MR) is 108 cm³/mol. The van der Waals surface area contributed by atoms with Crippen molar-refractivity contribution in [3.8, 4) is 11.5 Å².